The Hall–Kier alpha value is -3.33. The highest BCUT2D eigenvalue weighted by Gasteiger charge is 2.35. The Kier molecular flexibility index (Phi) is 6.65. The lowest BCUT2D eigenvalue weighted by Crippen LogP contribution is -2.49. The summed E-state index contributed by atoms with van der Waals surface area (Å²) in [7, 11) is 1.54. The first kappa shape index (κ1) is 22.4. The average molecular weight is 443 g/mol. The summed E-state index contributed by atoms with van der Waals surface area (Å²) in [6.45, 7) is 5.53. The zero-order valence-corrected chi connectivity index (χ0v) is 18.4. The molecule has 0 aliphatic heterocycles. The molecule has 0 bridgehead atoms. The van der Waals surface area contributed by atoms with Crippen molar-refractivity contribution in [1.82, 2.24) is 14.9 Å². The van der Waals surface area contributed by atoms with E-state index in [4.69, 9.17) is 4.74 Å². The van der Waals surface area contributed by atoms with Gasteiger partial charge in [-0.1, -0.05) is 16.6 Å². The van der Waals surface area contributed by atoms with Gasteiger partial charge in [0.15, 0.2) is 5.69 Å². The molecule has 0 unspecified atom stereocenters. The summed E-state index contributed by atoms with van der Waals surface area (Å²) in [5.74, 6) is -0.752. The van der Waals surface area contributed by atoms with E-state index in [1.54, 1.807) is 24.3 Å². The second-order valence-corrected chi connectivity index (χ2v) is 8.47. The number of methoxy groups -OCH3 is 1. The van der Waals surface area contributed by atoms with E-state index in [1.807, 2.05) is 20.8 Å². The molecule has 0 aliphatic rings. The number of hydrogen-bond donors (Lipinski definition) is 1. The van der Waals surface area contributed by atoms with E-state index in [0.717, 1.165) is 11.5 Å². The highest BCUT2D eigenvalue weighted by Crippen LogP contribution is 2.31. The van der Waals surface area contributed by atoms with Gasteiger partial charge >= 0.3 is 0 Å². The number of carbonyl (C=O) groups excluding carboxylic acids is 2. The fraction of sp³-hybridized carbons (Fsp3) is 0.273. The molecule has 1 N–H and O–H groups in total. The molecule has 2 amide bonds. The predicted molar refractivity (Wildman–Crippen MR) is 117 cm³/mol. The van der Waals surface area contributed by atoms with Gasteiger partial charge in [0.05, 0.1) is 7.11 Å². The van der Waals surface area contributed by atoms with Crippen LogP contribution in [0, 0.1) is 5.82 Å². The van der Waals surface area contributed by atoms with E-state index in [2.05, 4.69) is 14.9 Å². The number of nitrogens with zero attached hydrogens (tertiary/aromatic N) is 3. The third kappa shape index (κ3) is 5.43. The standard InChI is InChI=1S/C22H23FN4O3S/c1-22(2,3)24-20(28)19(14-5-7-15(23)8-6-14)27(21(29)18-13-31-26-25-18)16-9-11-17(30-4)12-10-16/h5-13,19H,1-4H3,(H,24,28)/t19-/m1/s1. The van der Waals surface area contributed by atoms with Crippen molar-refractivity contribution in [1.29, 1.82) is 0 Å². The van der Waals surface area contributed by atoms with E-state index in [1.165, 1.54) is 41.7 Å². The zero-order chi connectivity index (χ0) is 22.6. The van der Waals surface area contributed by atoms with Gasteiger partial charge in [-0.15, -0.1) is 5.10 Å². The number of aromatic nitrogens is 2. The third-order valence-electron chi connectivity index (χ3n) is 4.34. The quantitative estimate of drug-likeness (QED) is 0.624. The van der Waals surface area contributed by atoms with Crippen LogP contribution in [0.2, 0.25) is 0 Å². The molecule has 2 aromatic carbocycles. The van der Waals surface area contributed by atoms with Crippen molar-refractivity contribution in [2.24, 2.45) is 0 Å². The van der Waals surface area contributed by atoms with Crippen LogP contribution in [0.4, 0.5) is 10.1 Å². The van der Waals surface area contributed by atoms with Crippen molar-refractivity contribution in [3.8, 4) is 5.75 Å². The van der Waals surface area contributed by atoms with Gasteiger partial charge in [-0.2, -0.15) is 0 Å². The van der Waals surface area contributed by atoms with E-state index in [-0.39, 0.29) is 5.69 Å². The second-order valence-electron chi connectivity index (χ2n) is 7.86. The van der Waals surface area contributed by atoms with Gasteiger partial charge < -0.3 is 10.1 Å². The number of anilines is 1. The number of nitrogens with one attached hydrogen (secondary N) is 1. The molecule has 0 spiro atoms. The summed E-state index contributed by atoms with van der Waals surface area (Å²) >= 11 is 1.04. The Morgan fingerprint density at radius 2 is 1.74 bits per heavy atom. The van der Waals surface area contributed by atoms with Gasteiger partial charge in [0.2, 0.25) is 5.91 Å². The summed E-state index contributed by atoms with van der Waals surface area (Å²) in [5, 5.41) is 8.32. The summed E-state index contributed by atoms with van der Waals surface area (Å²) in [5.41, 5.74) is 0.468. The number of halogens is 1. The molecule has 0 saturated carbocycles. The third-order valence-corrected chi connectivity index (χ3v) is 4.84. The average Bonchev–Trinajstić information content (AvgIpc) is 3.26. The first-order valence-electron chi connectivity index (χ1n) is 9.52. The summed E-state index contributed by atoms with van der Waals surface area (Å²) in [6, 6.07) is 11.2. The molecule has 0 radical (unpaired) electrons. The van der Waals surface area contributed by atoms with Gasteiger partial charge in [-0.3, -0.25) is 14.5 Å². The van der Waals surface area contributed by atoms with Crippen LogP contribution in [-0.2, 0) is 4.79 Å². The largest absolute Gasteiger partial charge is 0.497 e. The monoisotopic (exact) mass is 442 g/mol. The van der Waals surface area contributed by atoms with Gasteiger partial charge in [0, 0.05) is 16.6 Å². The molecular formula is C22H23FN4O3S. The van der Waals surface area contributed by atoms with Crippen LogP contribution in [0.15, 0.2) is 53.9 Å². The van der Waals surface area contributed by atoms with Gasteiger partial charge in [0.1, 0.15) is 17.6 Å². The molecule has 9 heteroatoms. The first-order chi connectivity index (χ1) is 14.7. The Morgan fingerprint density at radius 3 is 2.26 bits per heavy atom. The van der Waals surface area contributed by atoms with E-state index < -0.39 is 29.2 Å². The lowest BCUT2D eigenvalue weighted by atomic mass is 10.0. The molecule has 31 heavy (non-hydrogen) atoms. The minimum Gasteiger partial charge on any atom is -0.497 e. The van der Waals surface area contributed by atoms with E-state index in [0.29, 0.717) is 17.0 Å². The number of hydrogen-bond acceptors (Lipinski definition) is 6. The number of rotatable bonds is 6. The molecule has 1 heterocycles. The normalized spacial score (nSPS) is 12.2. The molecule has 7 nitrogen and oxygen atoms in total. The fourth-order valence-electron chi connectivity index (χ4n) is 3.01. The molecular weight excluding hydrogens is 419 g/mol. The topological polar surface area (TPSA) is 84.4 Å². The number of ether oxygens (including phenoxy) is 1. The van der Waals surface area contributed by atoms with Crippen LogP contribution in [0.1, 0.15) is 42.9 Å². The van der Waals surface area contributed by atoms with Gasteiger partial charge in [-0.25, -0.2) is 4.39 Å². The van der Waals surface area contributed by atoms with Crippen molar-refractivity contribution in [3.05, 3.63) is 71.0 Å². The van der Waals surface area contributed by atoms with Crippen molar-refractivity contribution >= 4 is 29.0 Å². The Morgan fingerprint density at radius 1 is 1.10 bits per heavy atom. The number of benzene rings is 2. The Labute approximate surface area is 184 Å². The molecule has 162 valence electrons. The van der Waals surface area contributed by atoms with Gasteiger partial charge in [0.25, 0.3) is 5.91 Å². The smallest absolute Gasteiger partial charge is 0.280 e. The maximum atomic E-state index is 13.6. The van der Waals surface area contributed by atoms with Crippen LogP contribution in [0.3, 0.4) is 0 Å². The Balaban J connectivity index is 2.16. The molecule has 3 aromatic rings. The molecule has 1 atom stereocenters. The Bertz CT molecular complexity index is 1030. The maximum Gasteiger partial charge on any atom is 0.280 e. The van der Waals surface area contributed by atoms with Gasteiger partial charge in [-0.05, 0) is 74.3 Å². The summed E-state index contributed by atoms with van der Waals surface area (Å²) in [6.07, 6.45) is 0. The lowest BCUT2D eigenvalue weighted by Gasteiger charge is -2.33. The van der Waals surface area contributed by atoms with Crippen molar-refractivity contribution in [2.75, 3.05) is 12.0 Å². The molecule has 0 fully saturated rings. The number of amides is 2. The van der Waals surface area contributed by atoms with Crippen LogP contribution < -0.4 is 15.0 Å². The minimum absolute atomic E-state index is 0.108. The van der Waals surface area contributed by atoms with E-state index >= 15 is 0 Å². The van der Waals surface area contributed by atoms with E-state index in [9.17, 15) is 14.0 Å². The van der Waals surface area contributed by atoms with Crippen LogP contribution in [0.5, 0.6) is 5.75 Å². The van der Waals surface area contributed by atoms with Crippen LogP contribution in [-0.4, -0.2) is 34.1 Å². The van der Waals surface area contributed by atoms with Crippen molar-refractivity contribution < 1.29 is 18.7 Å². The minimum atomic E-state index is -1.07. The molecule has 3 rings (SSSR count). The van der Waals surface area contributed by atoms with Crippen molar-refractivity contribution in [3.63, 3.8) is 0 Å². The SMILES string of the molecule is COc1ccc(N(C(=O)c2csnn2)[C@@H](C(=O)NC(C)(C)C)c2ccc(F)cc2)cc1. The summed E-state index contributed by atoms with van der Waals surface area (Å²) < 4.78 is 22.6. The highest BCUT2D eigenvalue weighted by atomic mass is 32.1. The zero-order valence-electron chi connectivity index (χ0n) is 17.6. The van der Waals surface area contributed by atoms with Crippen LogP contribution in [0.25, 0.3) is 0 Å². The second kappa shape index (κ2) is 9.22. The van der Waals surface area contributed by atoms with Crippen LogP contribution >= 0.6 is 11.5 Å². The molecule has 0 aliphatic carbocycles. The lowest BCUT2D eigenvalue weighted by molar-refractivity contribution is -0.123. The maximum absolute atomic E-state index is 13.6. The summed E-state index contributed by atoms with van der Waals surface area (Å²) in [4.78, 5) is 28.2. The molecule has 1 aromatic heterocycles. The predicted octanol–water partition coefficient (Wildman–Crippen LogP) is 3.99. The first-order valence-corrected chi connectivity index (χ1v) is 10.4. The van der Waals surface area contributed by atoms with Crippen molar-refractivity contribution in [2.45, 2.75) is 32.4 Å². The fourth-order valence-corrected chi connectivity index (χ4v) is 3.44. The molecule has 0 saturated heterocycles. The highest BCUT2D eigenvalue weighted by molar-refractivity contribution is 7.03. The number of carbonyl (C=O) groups is 2.